The number of aliphatic hydroxyl groups is 3. The number of para-hydroxylation sites is 1. The zero-order valence-corrected chi connectivity index (χ0v) is 35.5. The Bertz CT molecular complexity index is 2210. The van der Waals surface area contributed by atoms with Crippen LogP contribution in [0.2, 0.25) is 0 Å². The van der Waals surface area contributed by atoms with Crippen LogP contribution >= 0.6 is 0 Å². The highest BCUT2D eigenvalue weighted by atomic mass is 16.3. The molecule has 7 amide bonds. The Morgan fingerprint density at radius 1 is 0.766 bits per heavy atom. The topological polar surface area (TPSA) is 280 Å². The van der Waals surface area contributed by atoms with Crippen molar-refractivity contribution >= 4 is 52.3 Å². The molecule has 2 heterocycles. The number of fused-ring (bicyclic) bond motifs is 1. The Hall–Kier alpha value is -6.67. The number of aromatic amines is 1. The average molecular weight is 884 g/mol. The molecule has 4 aromatic rings. The van der Waals surface area contributed by atoms with Gasteiger partial charge < -0.3 is 62.0 Å². The summed E-state index contributed by atoms with van der Waals surface area (Å²) >= 11 is 0. The number of aliphatic hydroxyl groups excluding tert-OH is 3. The van der Waals surface area contributed by atoms with Gasteiger partial charge in [0.05, 0.1) is 26.3 Å². The molecule has 0 aliphatic carbocycles. The monoisotopic (exact) mass is 883 g/mol. The van der Waals surface area contributed by atoms with Crippen LogP contribution in [0.3, 0.4) is 0 Å². The van der Waals surface area contributed by atoms with Crippen molar-refractivity contribution in [3.8, 4) is 0 Å². The van der Waals surface area contributed by atoms with Crippen molar-refractivity contribution in [1.29, 1.82) is 0 Å². The first-order valence-electron chi connectivity index (χ1n) is 21.1. The van der Waals surface area contributed by atoms with Crippen molar-refractivity contribution in [3.63, 3.8) is 0 Å². The van der Waals surface area contributed by atoms with E-state index in [9.17, 15) is 48.9 Å². The summed E-state index contributed by atoms with van der Waals surface area (Å²) in [5, 5.41) is 39.9. The Kier molecular flexibility index (Phi) is 18.3. The summed E-state index contributed by atoms with van der Waals surface area (Å²) in [5.41, 5.74) is 8.63. The van der Waals surface area contributed by atoms with E-state index in [2.05, 4.69) is 26.3 Å². The van der Waals surface area contributed by atoms with Gasteiger partial charge in [-0.05, 0) is 48.4 Å². The van der Waals surface area contributed by atoms with Crippen molar-refractivity contribution in [3.05, 3.63) is 108 Å². The lowest BCUT2D eigenvalue weighted by atomic mass is 10.1. The first-order valence-corrected chi connectivity index (χ1v) is 21.1. The predicted molar refractivity (Wildman–Crippen MR) is 234 cm³/mol. The third kappa shape index (κ3) is 13.7. The molecule has 19 heteroatoms. The maximum Gasteiger partial charge on any atom is 0.246 e. The molecule has 342 valence electrons. The fraction of sp³-hybridized carbons (Fsp3) is 0.400. The number of rotatable bonds is 24. The van der Waals surface area contributed by atoms with Crippen LogP contribution in [0.4, 0.5) is 0 Å². The van der Waals surface area contributed by atoms with E-state index >= 15 is 0 Å². The summed E-state index contributed by atoms with van der Waals surface area (Å²) in [6.07, 6.45) is 2.77. The van der Waals surface area contributed by atoms with Crippen LogP contribution in [-0.4, -0.2) is 153 Å². The minimum absolute atomic E-state index is 0.00956. The van der Waals surface area contributed by atoms with Crippen LogP contribution in [0.25, 0.3) is 10.9 Å². The molecule has 3 aromatic carbocycles. The molecule has 1 fully saturated rings. The average Bonchev–Trinajstić information content (AvgIpc) is 3.96. The zero-order chi connectivity index (χ0) is 46.0. The smallest absolute Gasteiger partial charge is 0.246 e. The van der Waals surface area contributed by atoms with E-state index in [0.717, 1.165) is 27.6 Å². The summed E-state index contributed by atoms with van der Waals surface area (Å²) in [4.78, 5) is 101. The molecule has 1 unspecified atom stereocenters. The summed E-state index contributed by atoms with van der Waals surface area (Å²) < 4.78 is 0. The van der Waals surface area contributed by atoms with E-state index in [1.807, 2.05) is 84.9 Å². The van der Waals surface area contributed by atoms with Crippen LogP contribution in [0, 0.1) is 0 Å². The van der Waals surface area contributed by atoms with E-state index in [1.165, 1.54) is 9.80 Å². The molecule has 10 N–H and O–H groups in total. The summed E-state index contributed by atoms with van der Waals surface area (Å²) in [7, 11) is 0. The highest BCUT2D eigenvalue weighted by molar-refractivity contribution is 5.96. The molecule has 1 aromatic heterocycles. The lowest BCUT2D eigenvalue weighted by Gasteiger charge is -2.32. The maximum atomic E-state index is 14.5. The Morgan fingerprint density at radius 3 is 2.08 bits per heavy atom. The van der Waals surface area contributed by atoms with Gasteiger partial charge in [0.25, 0.3) is 0 Å². The first kappa shape index (κ1) is 48.4. The number of benzene rings is 3. The normalized spacial score (nSPS) is 14.9. The molecule has 0 spiro atoms. The van der Waals surface area contributed by atoms with E-state index < -0.39 is 92.5 Å². The van der Waals surface area contributed by atoms with Crippen LogP contribution < -0.4 is 27.0 Å². The minimum Gasteiger partial charge on any atom is -0.396 e. The lowest BCUT2D eigenvalue weighted by molar-refractivity contribution is -0.148. The highest BCUT2D eigenvalue weighted by Gasteiger charge is 2.38. The fourth-order valence-electron chi connectivity index (χ4n) is 7.47. The molecule has 19 nitrogen and oxygen atoms in total. The fourth-order valence-corrected chi connectivity index (χ4v) is 7.47. The van der Waals surface area contributed by atoms with Crippen molar-refractivity contribution in [2.24, 2.45) is 5.73 Å². The van der Waals surface area contributed by atoms with Crippen molar-refractivity contribution in [1.82, 2.24) is 41.0 Å². The molecule has 0 bridgehead atoms. The third-order valence-corrected chi connectivity index (χ3v) is 10.9. The Morgan fingerprint density at radius 2 is 1.41 bits per heavy atom. The number of amides is 7. The van der Waals surface area contributed by atoms with E-state index in [4.69, 9.17) is 5.73 Å². The molecular weight excluding hydrogens is 827 g/mol. The van der Waals surface area contributed by atoms with Crippen LogP contribution in [-0.2, 0) is 53.1 Å². The molecular formula is C45H57N9O10. The van der Waals surface area contributed by atoms with Gasteiger partial charge in [0, 0.05) is 49.9 Å². The first-order chi connectivity index (χ1) is 30.9. The number of nitrogens with two attached hydrogens (primary N) is 1. The number of hydrogen-bond acceptors (Lipinski definition) is 11. The number of nitrogens with one attached hydrogen (secondary N) is 5. The quantitative estimate of drug-likeness (QED) is 0.0397. The second kappa shape index (κ2) is 24.2. The SMILES string of the molecule is NC(=O)[C@H](CO)NC(=O)[C@H](CO)NC(=O)[C@H](CCO)NC(=O)CN(CCc1c[nH]c2ccccc12)C(=O)CN(Cc1ccccc1)C(=O)C1CCCN1C(=O)CNCc1ccccc1. The van der Waals surface area contributed by atoms with Gasteiger partial charge in [-0.2, -0.15) is 0 Å². The van der Waals surface area contributed by atoms with Gasteiger partial charge in [-0.1, -0.05) is 78.9 Å². The van der Waals surface area contributed by atoms with Gasteiger partial charge in [-0.15, -0.1) is 0 Å². The van der Waals surface area contributed by atoms with Gasteiger partial charge in [0.15, 0.2) is 0 Å². The maximum absolute atomic E-state index is 14.5. The number of H-pyrrole nitrogens is 1. The molecule has 0 saturated carbocycles. The molecule has 0 radical (unpaired) electrons. The minimum atomic E-state index is -1.63. The van der Waals surface area contributed by atoms with Crippen LogP contribution in [0.5, 0.6) is 0 Å². The van der Waals surface area contributed by atoms with Gasteiger partial charge in [-0.25, -0.2) is 0 Å². The molecule has 64 heavy (non-hydrogen) atoms. The van der Waals surface area contributed by atoms with Crippen molar-refractivity contribution in [2.45, 2.75) is 62.9 Å². The second-order valence-corrected chi connectivity index (χ2v) is 15.5. The van der Waals surface area contributed by atoms with E-state index in [1.54, 1.807) is 11.1 Å². The van der Waals surface area contributed by atoms with E-state index in [0.29, 0.717) is 32.4 Å². The number of likely N-dealkylation sites (tertiary alicyclic amines) is 1. The van der Waals surface area contributed by atoms with Gasteiger partial charge >= 0.3 is 0 Å². The number of carbonyl (C=O) groups excluding carboxylic acids is 7. The number of aromatic nitrogens is 1. The van der Waals surface area contributed by atoms with Crippen molar-refractivity contribution in [2.75, 3.05) is 52.5 Å². The third-order valence-electron chi connectivity index (χ3n) is 10.9. The number of nitrogens with zero attached hydrogens (tertiary/aromatic N) is 3. The standard InChI is InChI=1S/C45H57N9O10/c46-42(61)36(28-56)50-44(63)37(29-57)51-43(62)35(18-21-55)49-39(58)26-52(20-17-32-23-48-34-15-8-7-14-33(32)34)41(60)27-53(25-31-12-5-2-6-13-31)45(64)38-16-9-19-54(38)40(59)24-47-22-30-10-3-1-4-11-30/h1-8,10-15,23,35-38,47-48,55-57H,9,16-22,24-29H2,(H2,46,61)(H,49,58)(H,50,63)(H,51,62)/t35-,36-,37-,38?/m0/s1. The Balaban J connectivity index is 1.33. The molecule has 1 aliphatic heterocycles. The zero-order valence-electron chi connectivity index (χ0n) is 35.5. The summed E-state index contributed by atoms with van der Waals surface area (Å²) in [5.74, 6) is -5.14. The number of hydrogen-bond donors (Lipinski definition) is 9. The number of primary amides is 1. The molecule has 1 aliphatic rings. The predicted octanol–water partition coefficient (Wildman–Crippen LogP) is -1.34. The highest BCUT2D eigenvalue weighted by Crippen LogP contribution is 2.22. The number of carbonyl (C=O) groups is 7. The lowest BCUT2D eigenvalue weighted by Crippen LogP contribution is -2.58. The van der Waals surface area contributed by atoms with Crippen LogP contribution in [0.1, 0.15) is 36.0 Å². The largest absolute Gasteiger partial charge is 0.396 e. The Labute approximate surface area is 370 Å². The molecule has 4 atom stereocenters. The summed E-state index contributed by atoms with van der Waals surface area (Å²) in [6.45, 7) is -2.48. The van der Waals surface area contributed by atoms with Gasteiger partial charge in [0.1, 0.15) is 30.7 Å². The van der Waals surface area contributed by atoms with Gasteiger partial charge in [-0.3, -0.25) is 33.6 Å². The summed E-state index contributed by atoms with van der Waals surface area (Å²) in [6, 6.07) is 20.9. The van der Waals surface area contributed by atoms with Gasteiger partial charge in [0.2, 0.25) is 41.4 Å². The molecule has 5 rings (SSSR count). The van der Waals surface area contributed by atoms with E-state index in [-0.39, 0.29) is 32.0 Å². The van der Waals surface area contributed by atoms with Crippen LogP contribution in [0.15, 0.2) is 91.1 Å². The molecule has 1 saturated heterocycles. The van der Waals surface area contributed by atoms with Crippen molar-refractivity contribution < 1.29 is 48.9 Å². The second-order valence-electron chi connectivity index (χ2n) is 15.5.